The molecule has 4 aromatic rings. The molecule has 11 nitrogen and oxygen atoms in total. The lowest BCUT2D eigenvalue weighted by molar-refractivity contribution is -0.143. The van der Waals surface area contributed by atoms with E-state index in [2.05, 4.69) is 27.6 Å². The largest absolute Gasteiger partial charge is 0.490 e. The highest BCUT2D eigenvalue weighted by molar-refractivity contribution is 14.1. The molecule has 1 aliphatic rings. The van der Waals surface area contributed by atoms with Gasteiger partial charge in [0.25, 0.3) is 5.56 Å². The van der Waals surface area contributed by atoms with Crippen LogP contribution in [-0.4, -0.2) is 50.0 Å². The Balaban J connectivity index is 1.59. The van der Waals surface area contributed by atoms with E-state index in [1.54, 1.807) is 38.1 Å². The lowest BCUT2D eigenvalue weighted by Crippen LogP contribution is -2.40. The Hall–Kier alpha value is -4.63. The van der Waals surface area contributed by atoms with Crippen molar-refractivity contribution in [2.45, 2.75) is 47.3 Å². The van der Waals surface area contributed by atoms with E-state index in [-0.39, 0.29) is 24.3 Å². The summed E-state index contributed by atoms with van der Waals surface area (Å²) < 4.78 is 36.6. The molecule has 3 aromatic carbocycles. The summed E-state index contributed by atoms with van der Waals surface area (Å²) in [4.78, 5) is 44.6. The maximum absolute atomic E-state index is 14.3. The van der Waals surface area contributed by atoms with Crippen molar-refractivity contribution in [2.24, 2.45) is 4.99 Å². The Bertz CT molecular complexity index is 2140. The van der Waals surface area contributed by atoms with Crippen LogP contribution in [0.3, 0.4) is 0 Å². The summed E-state index contributed by atoms with van der Waals surface area (Å²) in [5, 5.41) is 0. The normalized spacial score (nSPS) is 14.0. The molecule has 1 aliphatic heterocycles. The van der Waals surface area contributed by atoms with Crippen LogP contribution < -0.4 is 33.8 Å². The summed E-state index contributed by atoms with van der Waals surface area (Å²) in [6.07, 6.45) is 1.79. The first-order valence-corrected chi connectivity index (χ1v) is 18.3. The van der Waals surface area contributed by atoms with Gasteiger partial charge in [0.1, 0.15) is 6.61 Å². The molecule has 1 aromatic heterocycles. The van der Waals surface area contributed by atoms with Crippen LogP contribution in [0.25, 0.3) is 6.08 Å². The molecular formula is C38H39IN2O9S. The second kappa shape index (κ2) is 17.1. The highest BCUT2D eigenvalue weighted by Gasteiger charge is 2.34. The Morgan fingerprint density at radius 3 is 2.31 bits per heavy atom. The molecular weight excluding hydrogens is 787 g/mol. The average Bonchev–Trinajstić information content (AvgIpc) is 3.41. The number of carbonyl (C=O) groups excluding carboxylic acids is 2. The Labute approximate surface area is 313 Å². The summed E-state index contributed by atoms with van der Waals surface area (Å²) >= 11 is 3.43. The van der Waals surface area contributed by atoms with E-state index in [1.807, 2.05) is 57.2 Å². The number of benzene rings is 3. The molecule has 1 atom stereocenters. The van der Waals surface area contributed by atoms with Crippen LogP contribution in [-0.2, 0) is 25.7 Å². The zero-order chi connectivity index (χ0) is 36.7. The number of allylic oxidation sites excluding steroid dienone is 1. The standard InChI is InChI=1S/C38H39IN2O9S/c1-7-46-29-19-26(14-15-28(29)49-21-32(42)45-6)34-33(37(44)48-9-3)23(5)40-38-41(34)36(43)31(51-38)18-25-16-27(39)35(30(17-25)47-8-2)50-20-24-12-10-22(4)11-13-24/h10-19,34H,7-9,20-21H2,1-6H3/b31-18-/t34-/m1/s1. The van der Waals surface area contributed by atoms with E-state index in [0.29, 0.717) is 63.4 Å². The molecule has 2 heterocycles. The van der Waals surface area contributed by atoms with Crippen LogP contribution in [0, 0.1) is 10.5 Å². The molecule has 5 rings (SSSR count). The highest BCUT2D eigenvalue weighted by Crippen LogP contribution is 2.37. The van der Waals surface area contributed by atoms with Crippen molar-refractivity contribution in [2.75, 3.05) is 33.5 Å². The van der Waals surface area contributed by atoms with Gasteiger partial charge in [0.2, 0.25) is 0 Å². The SMILES string of the molecule is CCOC(=O)C1=C(C)N=c2s/c(=C\c3cc(I)c(OCc4ccc(C)cc4)c(OCC)c3)c(=O)n2[C@@H]1c1ccc(OCC(=O)OC)c(OCC)c1. The number of fused-ring (bicyclic) bond motifs is 1. The second-order valence-corrected chi connectivity index (χ2v) is 13.5. The van der Waals surface area contributed by atoms with Crippen LogP contribution in [0.5, 0.6) is 23.0 Å². The predicted octanol–water partition coefficient (Wildman–Crippen LogP) is 5.64. The van der Waals surface area contributed by atoms with Crippen molar-refractivity contribution < 1.29 is 38.0 Å². The fourth-order valence-corrected chi connectivity index (χ4v) is 7.28. The van der Waals surface area contributed by atoms with Crippen LogP contribution in [0.4, 0.5) is 0 Å². The van der Waals surface area contributed by atoms with Gasteiger partial charge < -0.3 is 28.4 Å². The molecule has 0 bridgehead atoms. The topological polar surface area (TPSA) is 124 Å². The fourth-order valence-electron chi connectivity index (χ4n) is 5.45. The van der Waals surface area contributed by atoms with Crippen molar-refractivity contribution in [3.05, 3.63) is 111 Å². The van der Waals surface area contributed by atoms with Gasteiger partial charge in [-0.05, 0) is 104 Å². The number of esters is 2. The Morgan fingerprint density at radius 1 is 0.902 bits per heavy atom. The molecule has 0 unspecified atom stereocenters. The smallest absolute Gasteiger partial charge is 0.343 e. The van der Waals surface area contributed by atoms with Crippen LogP contribution in [0.2, 0.25) is 0 Å². The monoisotopic (exact) mass is 826 g/mol. The molecule has 0 saturated heterocycles. The van der Waals surface area contributed by atoms with Crippen LogP contribution in [0.1, 0.15) is 56.0 Å². The van der Waals surface area contributed by atoms with Gasteiger partial charge in [-0.3, -0.25) is 9.36 Å². The molecule has 268 valence electrons. The lowest BCUT2D eigenvalue weighted by atomic mass is 9.95. The zero-order valence-corrected chi connectivity index (χ0v) is 32.2. The van der Waals surface area contributed by atoms with Gasteiger partial charge in [-0.1, -0.05) is 47.2 Å². The Kier molecular flexibility index (Phi) is 12.6. The molecule has 0 N–H and O–H groups in total. The molecule has 0 radical (unpaired) electrons. The lowest BCUT2D eigenvalue weighted by Gasteiger charge is -2.25. The minimum atomic E-state index is -0.881. The first kappa shape index (κ1) is 37.6. The van der Waals surface area contributed by atoms with Gasteiger partial charge >= 0.3 is 11.9 Å². The number of hydrogen-bond donors (Lipinski definition) is 0. The second-order valence-electron chi connectivity index (χ2n) is 11.3. The summed E-state index contributed by atoms with van der Waals surface area (Å²) in [5.41, 5.74) is 3.83. The molecule has 0 fully saturated rings. The van der Waals surface area contributed by atoms with E-state index in [9.17, 15) is 14.4 Å². The molecule has 13 heteroatoms. The van der Waals surface area contributed by atoms with Crippen molar-refractivity contribution in [1.82, 2.24) is 4.57 Å². The number of halogens is 1. The van der Waals surface area contributed by atoms with Gasteiger partial charge in [-0.2, -0.15) is 0 Å². The number of nitrogens with zero attached hydrogens (tertiary/aromatic N) is 2. The zero-order valence-electron chi connectivity index (χ0n) is 29.2. The van der Waals surface area contributed by atoms with E-state index in [0.717, 1.165) is 14.7 Å². The summed E-state index contributed by atoms with van der Waals surface area (Å²) in [5.74, 6) is 0.690. The Morgan fingerprint density at radius 2 is 1.63 bits per heavy atom. The number of thiazole rings is 1. The fraction of sp³-hybridized carbons (Fsp3) is 0.316. The first-order valence-electron chi connectivity index (χ1n) is 16.4. The molecule has 0 spiro atoms. The molecule has 0 aliphatic carbocycles. The van der Waals surface area contributed by atoms with Crippen molar-refractivity contribution >= 4 is 51.9 Å². The van der Waals surface area contributed by atoms with Crippen LogP contribution in [0.15, 0.2) is 75.7 Å². The minimum Gasteiger partial charge on any atom is -0.490 e. The molecule has 0 amide bonds. The maximum Gasteiger partial charge on any atom is 0.343 e. The minimum absolute atomic E-state index is 0.142. The van der Waals surface area contributed by atoms with E-state index in [4.69, 9.17) is 28.4 Å². The van der Waals surface area contributed by atoms with Gasteiger partial charge in [-0.25, -0.2) is 14.6 Å². The third kappa shape index (κ3) is 8.64. The third-order valence-corrected chi connectivity index (χ3v) is 9.59. The number of methoxy groups -OCH3 is 1. The summed E-state index contributed by atoms with van der Waals surface area (Å²) in [7, 11) is 1.27. The van der Waals surface area contributed by atoms with Crippen LogP contribution >= 0.6 is 33.9 Å². The van der Waals surface area contributed by atoms with Gasteiger partial charge in [0.05, 0.1) is 52.3 Å². The van der Waals surface area contributed by atoms with Gasteiger partial charge in [0, 0.05) is 0 Å². The van der Waals surface area contributed by atoms with E-state index < -0.39 is 18.0 Å². The van der Waals surface area contributed by atoms with Crippen molar-refractivity contribution in [3.63, 3.8) is 0 Å². The summed E-state index contributed by atoms with van der Waals surface area (Å²) in [6.45, 7) is 10.1. The van der Waals surface area contributed by atoms with E-state index >= 15 is 0 Å². The summed E-state index contributed by atoms with van der Waals surface area (Å²) in [6, 6.07) is 16.1. The number of aromatic nitrogens is 1. The number of carbonyl (C=O) groups is 2. The molecule has 51 heavy (non-hydrogen) atoms. The molecule has 0 saturated carbocycles. The number of hydrogen-bond acceptors (Lipinski definition) is 11. The predicted molar refractivity (Wildman–Crippen MR) is 201 cm³/mol. The number of rotatable bonds is 14. The number of aryl methyl sites for hydroxylation is 1. The van der Waals surface area contributed by atoms with Crippen molar-refractivity contribution in [3.8, 4) is 23.0 Å². The average molecular weight is 827 g/mol. The van der Waals surface area contributed by atoms with Crippen molar-refractivity contribution in [1.29, 1.82) is 0 Å². The van der Waals surface area contributed by atoms with Gasteiger partial charge in [-0.15, -0.1) is 0 Å². The van der Waals surface area contributed by atoms with Gasteiger partial charge in [0.15, 0.2) is 34.4 Å². The highest BCUT2D eigenvalue weighted by atomic mass is 127. The maximum atomic E-state index is 14.3. The number of ether oxygens (including phenoxy) is 6. The first-order chi connectivity index (χ1) is 24.6. The third-order valence-electron chi connectivity index (χ3n) is 7.81. The quantitative estimate of drug-likeness (QED) is 0.118. The van der Waals surface area contributed by atoms with E-state index in [1.165, 1.54) is 28.6 Å².